The highest BCUT2D eigenvalue weighted by Crippen LogP contribution is 2.25. The molecule has 0 radical (unpaired) electrons. The smallest absolute Gasteiger partial charge is 0.112 e. The Labute approximate surface area is 104 Å². The molecule has 0 fully saturated rings. The van der Waals surface area contributed by atoms with Crippen molar-refractivity contribution < 1.29 is 5.11 Å². The standard InChI is InChI=1S/C13H25N3O/c1-5-11(6-2)13-12(9-17)14-15-16(13)8-7-10(3)4/h10-11,17H,5-9H2,1-4H3. The predicted molar refractivity (Wildman–Crippen MR) is 68.7 cm³/mol. The lowest BCUT2D eigenvalue weighted by Crippen LogP contribution is -2.12. The van der Waals surface area contributed by atoms with Gasteiger partial charge in [0, 0.05) is 12.5 Å². The summed E-state index contributed by atoms with van der Waals surface area (Å²) < 4.78 is 1.99. The Balaban J connectivity index is 2.92. The number of aromatic nitrogens is 3. The van der Waals surface area contributed by atoms with Crippen LogP contribution in [0.25, 0.3) is 0 Å². The number of aliphatic hydroxyl groups excluding tert-OH is 1. The molecule has 0 aliphatic rings. The minimum Gasteiger partial charge on any atom is -0.390 e. The first-order valence-corrected chi connectivity index (χ1v) is 6.67. The summed E-state index contributed by atoms with van der Waals surface area (Å²) in [5, 5.41) is 17.6. The van der Waals surface area contributed by atoms with Crippen LogP contribution in [0.15, 0.2) is 0 Å². The summed E-state index contributed by atoms with van der Waals surface area (Å²) >= 11 is 0. The average Bonchev–Trinajstić information content (AvgIpc) is 2.71. The van der Waals surface area contributed by atoms with Crippen molar-refractivity contribution in [2.75, 3.05) is 0 Å². The Morgan fingerprint density at radius 2 is 1.88 bits per heavy atom. The SMILES string of the molecule is CCC(CC)c1c(CO)nnn1CCC(C)C. The van der Waals surface area contributed by atoms with Crippen LogP contribution in [0.3, 0.4) is 0 Å². The molecular formula is C13H25N3O. The Morgan fingerprint density at radius 1 is 1.24 bits per heavy atom. The maximum absolute atomic E-state index is 9.33. The molecule has 1 aromatic heterocycles. The van der Waals surface area contributed by atoms with E-state index < -0.39 is 0 Å². The molecule has 4 nitrogen and oxygen atoms in total. The molecule has 0 atom stereocenters. The van der Waals surface area contributed by atoms with E-state index in [4.69, 9.17) is 0 Å². The minimum absolute atomic E-state index is 0.00644. The van der Waals surface area contributed by atoms with Crippen molar-refractivity contribution in [1.82, 2.24) is 15.0 Å². The highest BCUT2D eigenvalue weighted by atomic mass is 16.3. The summed E-state index contributed by atoms with van der Waals surface area (Å²) in [6.07, 6.45) is 3.23. The van der Waals surface area contributed by atoms with Gasteiger partial charge >= 0.3 is 0 Å². The van der Waals surface area contributed by atoms with Crippen molar-refractivity contribution in [3.8, 4) is 0 Å². The van der Waals surface area contributed by atoms with E-state index in [-0.39, 0.29) is 6.61 Å². The number of hydrogen-bond acceptors (Lipinski definition) is 3. The highest BCUT2D eigenvalue weighted by molar-refractivity contribution is 5.14. The molecule has 0 amide bonds. The fourth-order valence-electron chi connectivity index (χ4n) is 2.14. The number of nitrogens with zero attached hydrogens (tertiary/aromatic N) is 3. The Bertz CT molecular complexity index is 329. The monoisotopic (exact) mass is 239 g/mol. The van der Waals surface area contributed by atoms with Crippen molar-refractivity contribution in [2.45, 2.75) is 66.0 Å². The first-order valence-electron chi connectivity index (χ1n) is 6.67. The molecule has 98 valence electrons. The van der Waals surface area contributed by atoms with Gasteiger partial charge in [0.25, 0.3) is 0 Å². The van der Waals surface area contributed by atoms with E-state index in [2.05, 4.69) is 38.0 Å². The van der Waals surface area contributed by atoms with Crippen molar-refractivity contribution in [2.24, 2.45) is 5.92 Å². The summed E-state index contributed by atoms with van der Waals surface area (Å²) in [7, 11) is 0. The zero-order valence-electron chi connectivity index (χ0n) is 11.5. The van der Waals surface area contributed by atoms with Gasteiger partial charge in [-0.1, -0.05) is 32.9 Å². The lowest BCUT2D eigenvalue weighted by molar-refractivity contribution is 0.274. The van der Waals surface area contributed by atoms with E-state index >= 15 is 0 Å². The molecule has 1 N–H and O–H groups in total. The van der Waals surface area contributed by atoms with Gasteiger partial charge in [-0.2, -0.15) is 0 Å². The number of hydrogen-bond donors (Lipinski definition) is 1. The van der Waals surface area contributed by atoms with E-state index in [1.54, 1.807) is 0 Å². The largest absolute Gasteiger partial charge is 0.390 e. The number of aryl methyl sites for hydroxylation is 1. The van der Waals surface area contributed by atoms with Crippen LogP contribution in [-0.2, 0) is 13.2 Å². The molecule has 0 saturated carbocycles. The quantitative estimate of drug-likeness (QED) is 0.796. The summed E-state index contributed by atoms with van der Waals surface area (Å²) in [4.78, 5) is 0. The molecular weight excluding hydrogens is 214 g/mol. The number of rotatable bonds is 7. The zero-order valence-corrected chi connectivity index (χ0v) is 11.5. The third-order valence-corrected chi connectivity index (χ3v) is 3.29. The van der Waals surface area contributed by atoms with E-state index in [1.165, 1.54) is 0 Å². The molecule has 1 heterocycles. The fourth-order valence-corrected chi connectivity index (χ4v) is 2.14. The van der Waals surface area contributed by atoms with Crippen LogP contribution in [0.4, 0.5) is 0 Å². The van der Waals surface area contributed by atoms with Crippen molar-refractivity contribution >= 4 is 0 Å². The first-order chi connectivity index (χ1) is 8.13. The van der Waals surface area contributed by atoms with Gasteiger partial charge in [-0.3, -0.25) is 0 Å². The van der Waals surface area contributed by atoms with Crippen molar-refractivity contribution in [3.05, 3.63) is 11.4 Å². The Morgan fingerprint density at radius 3 is 2.35 bits per heavy atom. The zero-order chi connectivity index (χ0) is 12.8. The van der Waals surface area contributed by atoms with Gasteiger partial charge in [0.2, 0.25) is 0 Å². The lowest BCUT2D eigenvalue weighted by Gasteiger charge is -2.16. The molecule has 0 spiro atoms. The summed E-state index contributed by atoms with van der Waals surface area (Å²) in [5.74, 6) is 1.12. The normalized spacial score (nSPS) is 11.7. The Hall–Kier alpha value is -0.900. The van der Waals surface area contributed by atoms with Crippen LogP contribution >= 0.6 is 0 Å². The van der Waals surface area contributed by atoms with E-state index in [1.807, 2.05) is 4.68 Å². The van der Waals surface area contributed by atoms with Crippen LogP contribution in [0.1, 0.15) is 64.3 Å². The molecule has 0 aliphatic carbocycles. The third kappa shape index (κ3) is 3.53. The molecule has 1 aromatic rings. The van der Waals surface area contributed by atoms with E-state index in [0.29, 0.717) is 11.8 Å². The van der Waals surface area contributed by atoms with Gasteiger partial charge in [-0.05, 0) is 25.2 Å². The predicted octanol–water partition coefficient (Wildman–Crippen LogP) is 2.72. The molecule has 0 saturated heterocycles. The molecule has 1 rings (SSSR count). The van der Waals surface area contributed by atoms with Crippen LogP contribution in [0.5, 0.6) is 0 Å². The van der Waals surface area contributed by atoms with Gasteiger partial charge in [-0.15, -0.1) is 5.10 Å². The van der Waals surface area contributed by atoms with Crippen molar-refractivity contribution in [1.29, 1.82) is 0 Å². The molecule has 0 aliphatic heterocycles. The van der Waals surface area contributed by atoms with Crippen LogP contribution < -0.4 is 0 Å². The molecule has 0 aromatic carbocycles. The Kier molecular flexibility index (Phi) is 5.62. The van der Waals surface area contributed by atoms with Gasteiger partial charge in [0.15, 0.2) is 0 Å². The van der Waals surface area contributed by atoms with Crippen molar-refractivity contribution in [3.63, 3.8) is 0 Å². The number of aliphatic hydroxyl groups is 1. The van der Waals surface area contributed by atoms with E-state index in [0.717, 1.165) is 37.2 Å². The highest BCUT2D eigenvalue weighted by Gasteiger charge is 2.19. The van der Waals surface area contributed by atoms with Crippen LogP contribution in [0.2, 0.25) is 0 Å². The topological polar surface area (TPSA) is 50.9 Å². The van der Waals surface area contributed by atoms with Gasteiger partial charge < -0.3 is 5.11 Å². The second-order valence-corrected chi connectivity index (χ2v) is 5.00. The summed E-state index contributed by atoms with van der Waals surface area (Å²) in [5.41, 5.74) is 1.89. The molecule has 4 heteroatoms. The third-order valence-electron chi connectivity index (χ3n) is 3.29. The van der Waals surface area contributed by atoms with Crippen LogP contribution in [-0.4, -0.2) is 20.1 Å². The second kappa shape index (κ2) is 6.74. The lowest BCUT2D eigenvalue weighted by atomic mass is 9.97. The van der Waals surface area contributed by atoms with Gasteiger partial charge in [-0.25, -0.2) is 4.68 Å². The van der Waals surface area contributed by atoms with Gasteiger partial charge in [0.1, 0.15) is 5.69 Å². The van der Waals surface area contributed by atoms with Crippen LogP contribution in [0, 0.1) is 5.92 Å². The fraction of sp³-hybridized carbons (Fsp3) is 0.846. The molecule has 0 bridgehead atoms. The average molecular weight is 239 g/mol. The molecule has 17 heavy (non-hydrogen) atoms. The minimum atomic E-state index is -0.00644. The van der Waals surface area contributed by atoms with Gasteiger partial charge in [0.05, 0.1) is 12.3 Å². The summed E-state index contributed by atoms with van der Waals surface area (Å²) in [6.45, 7) is 9.66. The maximum atomic E-state index is 9.33. The van der Waals surface area contributed by atoms with E-state index in [9.17, 15) is 5.11 Å². The first kappa shape index (κ1) is 14.2. The second-order valence-electron chi connectivity index (χ2n) is 5.00. The molecule has 0 unspecified atom stereocenters. The maximum Gasteiger partial charge on any atom is 0.112 e. The summed E-state index contributed by atoms with van der Waals surface area (Å²) in [6, 6.07) is 0.